The van der Waals surface area contributed by atoms with Gasteiger partial charge in [-0.25, -0.2) is 0 Å². The summed E-state index contributed by atoms with van der Waals surface area (Å²) in [5, 5.41) is 0. The molecule has 2 aliphatic rings. The summed E-state index contributed by atoms with van der Waals surface area (Å²) < 4.78 is 0. The molecule has 0 spiro atoms. The normalized spacial score (nSPS) is 26.1. The van der Waals surface area contributed by atoms with Crippen LogP contribution in [0.4, 0.5) is 0 Å². The summed E-state index contributed by atoms with van der Waals surface area (Å²) in [6.07, 6.45) is 6.78. The Morgan fingerprint density at radius 1 is 1.22 bits per heavy atom. The number of nitrogens with zero attached hydrogens (tertiary/aromatic N) is 2. The highest BCUT2D eigenvalue weighted by Gasteiger charge is 2.23. The van der Waals surface area contributed by atoms with Crippen LogP contribution in [0.15, 0.2) is 23.4 Å². The number of amides is 1. The van der Waals surface area contributed by atoms with Gasteiger partial charge in [0.1, 0.15) is 0 Å². The monoisotopic (exact) mass is 248 g/mol. The summed E-state index contributed by atoms with van der Waals surface area (Å²) in [5.41, 5.74) is 2.27. The molecule has 0 saturated carbocycles. The van der Waals surface area contributed by atoms with Gasteiger partial charge in [0.15, 0.2) is 0 Å². The predicted molar refractivity (Wildman–Crippen MR) is 74.1 cm³/mol. The van der Waals surface area contributed by atoms with E-state index in [1.165, 1.54) is 31.5 Å². The van der Waals surface area contributed by atoms with Gasteiger partial charge in [-0.2, -0.15) is 0 Å². The maximum atomic E-state index is 12.3. The summed E-state index contributed by atoms with van der Waals surface area (Å²) in [4.78, 5) is 16.7. The number of hydrogen-bond donors (Lipinski definition) is 0. The van der Waals surface area contributed by atoms with Crippen LogP contribution in [0.1, 0.15) is 33.6 Å². The van der Waals surface area contributed by atoms with Crippen molar-refractivity contribution in [3.63, 3.8) is 0 Å². The molecule has 3 nitrogen and oxygen atoms in total. The molecule has 1 amide bonds. The van der Waals surface area contributed by atoms with Crippen molar-refractivity contribution in [1.82, 2.24) is 9.80 Å². The molecule has 0 N–H and O–H groups in total. The molecule has 18 heavy (non-hydrogen) atoms. The van der Waals surface area contributed by atoms with Crippen molar-refractivity contribution in [2.24, 2.45) is 5.92 Å². The standard InChI is InChI=1S/C15H24N2O/c1-12-10-13(2)15(18)17(14(3)11-12)9-8-16-6-4-5-7-16/h10-11,13H,4-9H2,1-3H3/t13-/m0/s1. The van der Waals surface area contributed by atoms with Gasteiger partial charge in [0.05, 0.1) is 5.92 Å². The van der Waals surface area contributed by atoms with E-state index in [4.69, 9.17) is 0 Å². The van der Waals surface area contributed by atoms with Gasteiger partial charge in [-0.05, 0) is 45.9 Å². The third-order valence-corrected chi connectivity index (χ3v) is 3.87. The predicted octanol–water partition coefficient (Wildman–Crippen LogP) is 2.41. The largest absolute Gasteiger partial charge is 0.315 e. The van der Waals surface area contributed by atoms with Gasteiger partial charge in [-0.1, -0.05) is 18.6 Å². The van der Waals surface area contributed by atoms with E-state index in [1.807, 2.05) is 18.7 Å². The quantitative estimate of drug-likeness (QED) is 0.766. The van der Waals surface area contributed by atoms with Gasteiger partial charge in [0, 0.05) is 18.8 Å². The van der Waals surface area contributed by atoms with E-state index in [9.17, 15) is 4.79 Å². The van der Waals surface area contributed by atoms with Gasteiger partial charge in [0.25, 0.3) is 0 Å². The van der Waals surface area contributed by atoms with Crippen molar-refractivity contribution in [2.75, 3.05) is 26.2 Å². The van der Waals surface area contributed by atoms with Crippen LogP contribution >= 0.6 is 0 Å². The number of carbonyl (C=O) groups excluding carboxylic acids is 1. The van der Waals surface area contributed by atoms with Crippen LogP contribution in [-0.2, 0) is 4.79 Å². The minimum atomic E-state index is -0.00252. The molecule has 2 rings (SSSR count). The smallest absolute Gasteiger partial charge is 0.233 e. The number of allylic oxidation sites excluding steroid dienone is 3. The van der Waals surface area contributed by atoms with Gasteiger partial charge in [0.2, 0.25) is 5.91 Å². The molecule has 0 aromatic heterocycles. The Morgan fingerprint density at radius 2 is 1.89 bits per heavy atom. The summed E-state index contributed by atoms with van der Waals surface area (Å²) in [5.74, 6) is 0.233. The molecule has 100 valence electrons. The Bertz CT molecular complexity index is 378. The third kappa shape index (κ3) is 3.02. The highest BCUT2D eigenvalue weighted by molar-refractivity contribution is 5.82. The van der Waals surface area contributed by atoms with Crippen molar-refractivity contribution in [3.8, 4) is 0 Å². The van der Waals surface area contributed by atoms with Crippen LogP contribution in [0.25, 0.3) is 0 Å². The van der Waals surface area contributed by atoms with Gasteiger partial charge in [-0.15, -0.1) is 0 Å². The average Bonchev–Trinajstić information content (AvgIpc) is 2.78. The van der Waals surface area contributed by atoms with E-state index < -0.39 is 0 Å². The van der Waals surface area contributed by atoms with E-state index >= 15 is 0 Å². The van der Waals surface area contributed by atoms with Crippen molar-refractivity contribution < 1.29 is 4.79 Å². The van der Waals surface area contributed by atoms with Gasteiger partial charge >= 0.3 is 0 Å². The lowest BCUT2D eigenvalue weighted by Gasteiger charge is -2.26. The maximum Gasteiger partial charge on any atom is 0.233 e. The van der Waals surface area contributed by atoms with E-state index in [1.54, 1.807) is 0 Å². The molecule has 0 radical (unpaired) electrons. The number of hydrogen-bond acceptors (Lipinski definition) is 2. The molecule has 1 atom stereocenters. The van der Waals surface area contributed by atoms with Crippen LogP contribution in [0, 0.1) is 5.92 Å². The zero-order valence-corrected chi connectivity index (χ0v) is 11.8. The summed E-state index contributed by atoms with van der Waals surface area (Å²) in [6, 6.07) is 0. The van der Waals surface area contributed by atoms with Crippen LogP contribution in [0.2, 0.25) is 0 Å². The molecule has 3 heteroatoms. The van der Waals surface area contributed by atoms with Crippen LogP contribution in [0.5, 0.6) is 0 Å². The zero-order chi connectivity index (χ0) is 13.1. The fraction of sp³-hybridized carbons (Fsp3) is 0.667. The fourth-order valence-electron chi connectivity index (χ4n) is 2.87. The lowest BCUT2D eigenvalue weighted by molar-refractivity contribution is -0.131. The first-order valence-electron chi connectivity index (χ1n) is 6.98. The highest BCUT2D eigenvalue weighted by Crippen LogP contribution is 2.19. The first-order valence-corrected chi connectivity index (χ1v) is 6.98. The second-order valence-corrected chi connectivity index (χ2v) is 5.52. The molecule has 1 fully saturated rings. The molecule has 0 aromatic rings. The second-order valence-electron chi connectivity index (χ2n) is 5.52. The van der Waals surface area contributed by atoms with Crippen LogP contribution < -0.4 is 0 Å². The lowest BCUT2D eigenvalue weighted by atomic mass is 10.1. The molecular formula is C15H24N2O. The Morgan fingerprint density at radius 3 is 2.56 bits per heavy atom. The number of rotatable bonds is 3. The molecule has 0 aliphatic carbocycles. The Hall–Kier alpha value is -1.09. The lowest BCUT2D eigenvalue weighted by Crippen LogP contribution is -2.38. The molecule has 1 saturated heterocycles. The van der Waals surface area contributed by atoms with Crippen molar-refractivity contribution in [2.45, 2.75) is 33.6 Å². The summed E-state index contributed by atoms with van der Waals surface area (Å²) in [7, 11) is 0. The summed E-state index contributed by atoms with van der Waals surface area (Å²) in [6.45, 7) is 10.3. The molecule has 2 aliphatic heterocycles. The molecule has 0 bridgehead atoms. The van der Waals surface area contributed by atoms with E-state index in [0.717, 1.165) is 18.8 Å². The Kier molecular flexibility index (Phi) is 4.23. The average molecular weight is 248 g/mol. The first-order chi connectivity index (χ1) is 8.58. The fourth-order valence-corrected chi connectivity index (χ4v) is 2.87. The second kappa shape index (κ2) is 5.70. The van der Waals surface area contributed by atoms with E-state index in [-0.39, 0.29) is 11.8 Å². The number of carbonyl (C=O) groups is 1. The number of likely N-dealkylation sites (tertiary alicyclic amines) is 1. The van der Waals surface area contributed by atoms with Crippen molar-refractivity contribution >= 4 is 5.91 Å². The zero-order valence-electron chi connectivity index (χ0n) is 11.8. The third-order valence-electron chi connectivity index (χ3n) is 3.87. The van der Waals surface area contributed by atoms with Crippen molar-refractivity contribution in [3.05, 3.63) is 23.4 Å². The maximum absolute atomic E-state index is 12.3. The van der Waals surface area contributed by atoms with E-state index in [2.05, 4.69) is 24.0 Å². The Labute approximate surface area is 110 Å². The van der Waals surface area contributed by atoms with Gasteiger partial charge < -0.3 is 9.80 Å². The first kappa shape index (κ1) is 13.3. The topological polar surface area (TPSA) is 23.6 Å². The van der Waals surface area contributed by atoms with Crippen LogP contribution in [0.3, 0.4) is 0 Å². The van der Waals surface area contributed by atoms with Crippen LogP contribution in [-0.4, -0.2) is 41.9 Å². The Balaban J connectivity index is 2.01. The van der Waals surface area contributed by atoms with Gasteiger partial charge in [-0.3, -0.25) is 4.79 Å². The SMILES string of the molecule is CC1=C[C@H](C)C(=O)N(CCN2CCCC2)C(C)=C1. The van der Waals surface area contributed by atoms with Crippen molar-refractivity contribution in [1.29, 1.82) is 0 Å². The minimum Gasteiger partial charge on any atom is -0.315 e. The molecule has 0 unspecified atom stereocenters. The minimum absolute atomic E-state index is 0.00252. The van der Waals surface area contributed by atoms with E-state index in [0.29, 0.717) is 0 Å². The summed E-state index contributed by atoms with van der Waals surface area (Å²) >= 11 is 0. The molecular weight excluding hydrogens is 224 g/mol. The molecule has 0 aromatic carbocycles. The highest BCUT2D eigenvalue weighted by atomic mass is 16.2. The molecule has 2 heterocycles.